The Morgan fingerprint density at radius 1 is 0.436 bits per heavy atom. The normalized spacial score (nSPS) is 20.3. The van der Waals surface area contributed by atoms with E-state index in [-0.39, 0.29) is 10.8 Å². The van der Waals surface area contributed by atoms with Crippen LogP contribution in [0.1, 0.15) is 114 Å². The van der Waals surface area contributed by atoms with Crippen LogP contribution in [0.4, 0.5) is 34.1 Å². The Kier molecular flexibility index (Phi) is 12.3. The van der Waals surface area contributed by atoms with E-state index in [2.05, 4.69) is 231 Å². The van der Waals surface area contributed by atoms with Gasteiger partial charge in [-0.05, 0) is 275 Å². The molecule has 2 nitrogen and oxygen atoms in total. The fourth-order valence-electron chi connectivity index (χ4n) is 15.5. The lowest BCUT2D eigenvalue weighted by Gasteiger charge is -2.63. The molecule has 2 atom stereocenters. The highest BCUT2D eigenvalue weighted by Crippen LogP contribution is 2.66. The molecule has 0 radical (unpaired) electrons. The number of unbranched alkanes of at least 4 members (excludes halogenated alkanes) is 1. The van der Waals surface area contributed by atoms with Gasteiger partial charge in [-0.2, -0.15) is 0 Å². The van der Waals surface area contributed by atoms with E-state index in [4.69, 9.17) is 0 Å². The Bertz CT molecular complexity index is 3600. The van der Waals surface area contributed by atoms with E-state index < -0.39 is 0 Å². The third-order valence-electron chi connectivity index (χ3n) is 19.5. The molecule has 6 aliphatic rings. The second-order valence-corrected chi connectivity index (χ2v) is 24.4. The van der Waals surface area contributed by atoms with Crippen molar-refractivity contribution in [1.82, 2.24) is 0 Å². The summed E-state index contributed by atoms with van der Waals surface area (Å²) in [7, 11) is 0. The molecule has 9 aromatic rings. The lowest BCUT2D eigenvalue weighted by molar-refractivity contribution is -0.0281. The fourth-order valence-corrected chi connectivity index (χ4v) is 15.5. The van der Waals surface area contributed by atoms with Crippen LogP contribution in [0.25, 0.3) is 39.5 Å². The first kappa shape index (κ1) is 48.7. The number of aryl methyl sites for hydroxylation is 7. The second-order valence-electron chi connectivity index (χ2n) is 24.4. The Morgan fingerprint density at radius 3 is 1.23 bits per heavy atom. The number of hydrogen-bond donors (Lipinski definition) is 0. The molecule has 6 aliphatic carbocycles. The Hall–Kier alpha value is -7.68. The summed E-state index contributed by atoms with van der Waals surface area (Å²) in [5.74, 6) is 1.60. The maximum atomic E-state index is 4.04. The summed E-state index contributed by atoms with van der Waals surface area (Å²) < 4.78 is 0. The number of hydrogen-bond acceptors (Lipinski definition) is 2. The first-order valence-corrected chi connectivity index (χ1v) is 29.4. The minimum Gasteiger partial charge on any atom is -0.310 e. The molecule has 0 heterocycles. The maximum Gasteiger partial charge on any atom is 0.0464 e. The first-order valence-electron chi connectivity index (χ1n) is 29.4. The van der Waals surface area contributed by atoms with Gasteiger partial charge in [0.2, 0.25) is 0 Å². The largest absolute Gasteiger partial charge is 0.310 e. The molecule has 4 fully saturated rings. The van der Waals surface area contributed by atoms with Gasteiger partial charge in [0, 0.05) is 34.1 Å². The molecule has 0 aliphatic heterocycles. The second kappa shape index (κ2) is 19.7. The van der Waals surface area contributed by atoms with Gasteiger partial charge in [-0.1, -0.05) is 147 Å². The smallest absolute Gasteiger partial charge is 0.0464 e. The lowest BCUT2D eigenvalue weighted by Crippen LogP contribution is -2.55. The molecular weight excluding hydrogens is 941 g/mol. The molecule has 0 spiro atoms. The third-order valence-corrected chi connectivity index (χ3v) is 19.5. The zero-order chi connectivity index (χ0) is 52.5. The summed E-state index contributed by atoms with van der Waals surface area (Å²) in [6, 6.07) is 75.3. The van der Waals surface area contributed by atoms with Crippen LogP contribution in [-0.4, -0.2) is 0 Å². The minimum absolute atomic E-state index is 0.231. The molecule has 0 N–H and O–H groups in total. The van der Waals surface area contributed by atoms with E-state index >= 15 is 0 Å². The van der Waals surface area contributed by atoms with Gasteiger partial charge in [0.1, 0.15) is 0 Å². The molecule has 4 saturated carbocycles. The minimum atomic E-state index is 0.231. The Morgan fingerprint density at radius 2 is 0.833 bits per heavy atom. The molecule has 0 amide bonds. The van der Waals surface area contributed by atoms with Crippen LogP contribution >= 0.6 is 0 Å². The van der Waals surface area contributed by atoms with Crippen LogP contribution in [0.2, 0.25) is 0 Å². The van der Waals surface area contributed by atoms with E-state index in [0.29, 0.717) is 0 Å². The van der Waals surface area contributed by atoms with E-state index in [1.807, 2.05) is 6.08 Å². The fraction of sp³-hybridized carbons (Fsp3) is 0.263. The third kappa shape index (κ3) is 8.73. The van der Waals surface area contributed by atoms with Crippen molar-refractivity contribution >= 4 is 40.2 Å². The van der Waals surface area contributed by atoms with Gasteiger partial charge in [0.05, 0.1) is 0 Å². The number of anilines is 6. The summed E-state index contributed by atoms with van der Waals surface area (Å²) in [6.07, 6.45) is 18.3. The number of fused-ring (bicyclic) bond motifs is 2. The first-order chi connectivity index (χ1) is 38.2. The van der Waals surface area contributed by atoms with Crippen molar-refractivity contribution in [2.75, 3.05) is 9.80 Å². The Balaban J connectivity index is 0.781. The highest BCUT2D eigenvalue weighted by molar-refractivity contribution is 5.85. The highest BCUT2D eigenvalue weighted by atomic mass is 15.1. The van der Waals surface area contributed by atoms with Gasteiger partial charge in [-0.15, -0.1) is 0 Å². The van der Waals surface area contributed by atoms with E-state index in [9.17, 15) is 0 Å². The van der Waals surface area contributed by atoms with Crippen LogP contribution < -0.4 is 9.80 Å². The standard InChI is InChI=1S/C76H72N2/c1-5-7-8-54-11-29-67(30-12-54)77(70-35-27-66(28-36-70)76-48-55-43-56(49-76)47-75(46-55,50-76)65-25-9-53(6-2)10-26-65)71-37-39-73(51(3)41-71)74-40-38-72(42-52(74)4)78(68-31-21-59(22-32-68)63-19-15-57-13-17-61(57)44-63)69-33-23-60(24-34-69)64-20-16-58-14-18-62(58)45-64/h6,9-12,15-16,19-42,44-45,55-56H,2,5,7-8,13-14,17-18,43,46-50H2,1,3-4H3. The molecule has 0 aromatic heterocycles. The van der Waals surface area contributed by atoms with Crippen LogP contribution in [-0.2, 0) is 42.9 Å². The molecule has 4 bridgehead atoms. The molecule has 15 rings (SSSR count). The predicted octanol–water partition coefficient (Wildman–Crippen LogP) is 20.2. The summed E-state index contributed by atoms with van der Waals surface area (Å²) in [4.78, 5) is 4.92. The lowest BCUT2D eigenvalue weighted by atomic mass is 9.42. The zero-order valence-corrected chi connectivity index (χ0v) is 46.0. The van der Waals surface area contributed by atoms with Crippen LogP contribution in [0, 0.1) is 25.7 Å². The summed E-state index contributed by atoms with van der Waals surface area (Å²) in [6.45, 7) is 10.9. The highest BCUT2D eigenvalue weighted by Gasteiger charge is 2.58. The van der Waals surface area contributed by atoms with Crippen LogP contribution in [0.5, 0.6) is 0 Å². The molecule has 2 unspecified atom stereocenters. The van der Waals surface area contributed by atoms with Crippen molar-refractivity contribution in [1.29, 1.82) is 0 Å². The van der Waals surface area contributed by atoms with Crippen molar-refractivity contribution in [2.24, 2.45) is 11.8 Å². The van der Waals surface area contributed by atoms with Gasteiger partial charge in [-0.3, -0.25) is 0 Å². The number of nitrogens with zero attached hydrogens (tertiary/aromatic N) is 2. The SMILES string of the molecule is C=Cc1ccc(C23CC4CC(C2)CC(c2ccc(N(c5ccc(CCCC)cc5)c5ccc(-c6ccc(N(c7ccc(-c8ccc9c(c8)CC9)cc7)c7ccc(-c8ccc9c(c8)CC9)cc7)cc6C)c(C)c5)cc2)(C4)C3)cc1. The summed E-state index contributed by atoms with van der Waals surface area (Å²) in [5, 5.41) is 0. The molecule has 2 heteroatoms. The monoisotopic (exact) mass is 1010 g/mol. The average Bonchev–Trinajstić information content (AvgIpc) is 3.50. The molecular formula is C76H72N2. The molecule has 386 valence electrons. The summed E-state index contributed by atoms with van der Waals surface area (Å²) in [5.41, 5.74) is 29.4. The average molecular weight is 1010 g/mol. The van der Waals surface area contributed by atoms with Crippen LogP contribution in [0.15, 0.2) is 201 Å². The Labute approximate surface area is 464 Å². The summed E-state index contributed by atoms with van der Waals surface area (Å²) >= 11 is 0. The van der Waals surface area contributed by atoms with E-state index in [1.54, 1.807) is 11.1 Å². The molecule has 78 heavy (non-hydrogen) atoms. The van der Waals surface area contributed by atoms with Gasteiger partial charge in [-0.25, -0.2) is 0 Å². The maximum absolute atomic E-state index is 4.04. The molecule has 9 aromatic carbocycles. The van der Waals surface area contributed by atoms with Crippen molar-refractivity contribution in [3.8, 4) is 33.4 Å². The van der Waals surface area contributed by atoms with Crippen molar-refractivity contribution in [3.63, 3.8) is 0 Å². The van der Waals surface area contributed by atoms with Crippen molar-refractivity contribution < 1.29 is 0 Å². The quantitative estimate of drug-likeness (QED) is 0.101. The topological polar surface area (TPSA) is 6.48 Å². The van der Waals surface area contributed by atoms with Crippen molar-refractivity contribution in [3.05, 3.63) is 256 Å². The van der Waals surface area contributed by atoms with Crippen molar-refractivity contribution in [2.45, 2.75) is 115 Å². The zero-order valence-electron chi connectivity index (χ0n) is 46.0. The molecule has 0 saturated heterocycles. The van der Waals surface area contributed by atoms with Gasteiger partial charge in [0.15, 0.2) is 0 Å². The number of rotatable bonds is 15. The van der Waals surface area contributed by atoms with Gasteiger partial charge in [0.25, 0.3) is 0 Å². The van der Waals surface area contributed by atoms with E-state index in [1.165, 1.54) is 172 Å². The van der Waals surface area contributed by atoms with E-state index in [0.717, 1.165) is 35.3 Å². The van der Waals surface area contributed by atoms with Gasteiger partial charge >= 0.3 is 0 Å². The van der Waals surface area contributed by atoms with Crippen LogP contribution in [0.3, 0.4) is 0 Å². The number of benzene rings is 9. The predicted molar refractivity (Wildman–Crippen MR) is 330 cm³/mol. The van der Waals surface area contributed by atoms with Gasteiger partial charge < -0.3 is 9.80 Å².